The summed E-state index contributed by atoms with van der Waals surface area (Å²) in [6.07, 6.45) is 0.667. The first-order valence-electron chi connectivity index (χ1n) is 3.42. The van der Waals surface area contributed by atoms with Crippen LogP contribution in [0.4, 0.5) is 0 Å². The van der Waals surface area contributed by atoms with Crippen LogP contribution < -0.4 is 0 Å². The first kappa shape index (κ1) is 16.7. The third kappa shape index (κ3) is 293. The number of rotatable bonds is 1. The maximum atomic E-state index is 9.81. The second-order valence-electron chi connectivity index (χ2n) is 1.96. The fraction of sp³-hybridized carbons (Fsp3) is 0.750. The van der Waals surface area contributed by atoms with Gasteiger partial charge in [0.2, 0.25) is 0 Å². The van der Waals surface area contributed by atoms with Gasteiger partial charge in [0.15, 0.2) is 0 Å². The number of Topliss-reactive ketones (excluding diaryl/α,β-unsaturated/α-hetero) is 2. The minimum atomic E-state index is 0.167. The van der Waals surface area contributed by atoms with Gasteiger partial charge in [0.1, 0.15) is 11.6 Å². The van der Waals surface area contributed by atoms with Crippen LogP contribution >= 0.6 is 0 Å². The van der Waals surface area contributed by atoms with Crippen molar-refractivity contribution in [2.24, 2.45) is 0 Å². The first-order valence-corrected chi connectivity index (χ1v) is 3.42. The second-order valence-corrected chi connectivity index (χ2v) is 1.96. The molecule has 68 valence electrons. The van der Waals surface area contributed by atoms with E-state index in [1.807, 2.05) is 6.92 Å². The minimum absolute atomic E-state index is 0.167. The molecule has 0 saturated carbocycles. The molecule has 0 aliphatic heterocycles. The van der Waals surface area contributed by atoms with Gasteiger partial charge >= 0.3 is 0 Å². The molecule has 0 rings (SSSR count). The number of carbonyl (C=O) groups excluding carboxylic acids is 2. The van der Waals surface area contributed by atoms with E-state index in [0.717, 1.165) is 7.11 Å². The van der Waals surface area contributed by atoms with Crippen LogP contribution in [0, 0.1) is 0 Å². The van der Waals surface area contributed by atoms with Crippen molar-refractivity contribution in [1.82, 2.24) is 0 Å². The quantitative estimate of drug-likeness (QED) is 0.630. The van der Waals surface area contributed by atoms with E-state index in [9.17, 15) is 9.59 Å². The van der Waals surface area contributed by atoms with Gasteiger partial charge in [0, 0.05) is 13.5 Å². The van der Waals surface area contributed by atoms with Gasteiger partial charge in [-0.15, -0.1) is 0 Å². The summed E-state index contributed by atoms with van der Waals surface area (Å²) in [5, 5.41) is 7.00. The van der Waals surface area contributed by atoms with Gasteiger partial charge in [-0.05, 0) is 20.8 Å². The average molecular weight is 162 g/mol. The Labute approximate surface area is 68.4 Å². The predicted octanol–water partition coefficient (Wildman–Crippen LogP) is 1.19. The van der Waals surface area contributed by atoms with Crippen LogP contribution in [0.5, 0.6) is 0 Å². The van der Waals surface area contributed by atoms with Crippen molar-refractivity contribution in [3.8, 4) is 0 Å². The van der Waals surface area contributed by atoms with Crippen LogP contribution in [0.25, 0.3) is 0 Å². The third-order valence-corrected chi connectivity index (χ3v) is 0.498. The summed E-state index contributed by atoms with van der Waals surface area (Å²) < 4.78 is 0. The summed E-state index contributed by atoms with van der Waals surface area (Å²) in [5.41, 5.74) is 0. The van der Waals surface area contributed by atoms with E-state index in [1.165, 1.54) is 13.8 Å². The minimum Gasteiger partial charge on any atom is -0.400 e. The van der Waals surface area contributed by atoms with E-state index in [-0.39, 0.29) is 11.6 Å². The van der Waals surface area contributed by atoms with Crippen molar-refractivity contribution in [3.63, 3.8) is 0 Å². The van der Waals surface area contributed by atoms with Crippen molar-refractivity contribution in [3.05, 3.63) is 0 Å². The molecule has 0 amide bonds. The Morgan fingerprint density at radius 3 is 1.18 bits per heavy atom. The molecule has 0 spiro atoms. The van der Waals surface area contributed by atoms with Crippen LogP contribution in [-0.2, 0) is 9.59 Å². The van der Waals surface area contributed by atoms with Crippen molar-refractivity contribution >= 4 is 11.6 Å². The zero-order valence-electron chi connectivity index (χ0n) is 7.97. The van der Waals surface area contributed by atoms with E-state index >= 15 is 0 Å². The predicted molar refractivity (Wildman–Crippen MR) is 45.5 cm³/mol. The molecule has 3 nitrogen and oxygen atoms in total. The molecule has 0 unspecified atom stereocenters. The Hall–Kier alpha value is -0.700. The highest BCUT2D eigenvalue weighted by molar-refractivity contribution is 5.74. The lowest BCUT2D eigenvalue weighted by molar-refractivity contribution is -0.117. The van der Waals surface area contributed by atoms with Gasteiger partial charge in [-0.25, -0.2) is 0 Å². The van der Waals surface area contributed by atoms with Gasteiger partial charge in [0.25, 0.3) is 0 Å². The van der Waals surface area contributed by atoms with Gasteiger partial charge in [-0.2, -0.15) is 0 Å². The highest BCUT2D eigenvalue weighted by atomic mass is 16.2. The van der Waals surface area contributed by atoms with E-state index in [4.69, 9.17) is 5.11 Å². The largest absolute Gasteiger partial charge is 0.400 e. The van der Waals surface area contributed by atoms with Crippen LogP contribution in [0.1, 0.15) is 34.1 Å². The lowest BCUT2D eigenvalue weighted by Crippen LogP contribution is -1.80. The van der Waals surface area contributed by atoms with Crippen molar-refractivity contribution in [2.45, 2.75) is 34.1 Å². The molecule has 0 aromatic rings. The lowest BCUT2D eigenvalue weighted by atomic mass is 10.4. The number of aliphatic hydroxyl groups is 1. The van der Waals surface area contributed by atoms with Gasteiger partial charge in [-0.3, -0.25) is 0 Å². The maximum Gasteiger partial charge on any atom is 0.129 e. The third-order valence-electron chi connectivity index (χ3n) is 0.498. The lowest BCUT2D eigenvalue weighted by Gasteiger charge is -1.71. The SMILES string of the molecule is CC(C)=O.CCC(C)=O.CO. The zero-order chi connectivity index (χ0) is 9.86. The topological polar surface area (TPSA) is 54.4 Å². The smallest absolute Gasteiger partial charge is 0.129 e. The number of hydrogen-bond donors (Lipinski definition) is 1. The van der Waals surface area contributed by atoms with Crippen molar-refractivity contribution < 1.29 is 14.7 Å². The van der Waals surface area contributed by atoms with Crippen molar-refractivity contribution in [2.75, 3.05) is 7.11 Å². The van der Waals surface area contributed by atoms with E-state index in [2.05, 4.69) is 0 Å². The maximum absolute atomic E-state index is 9.81. The highest BCUT2D eigenvalue weighted by Crippen LogP contribution is 1.71. The Bertz CT molecular complexity index is 93.5. The Balaban J connectivity index is -0.0000000965. The molecule has 0 heterocycles. The number of carbonyl (C=O) groups is 2. The zero-order valence-corrected chi connectivity index (χ0v) is 7.97. The molecule has 0 aromatic carbocycles. The van der Waals surface area contributed by atoms with Gasteiger partial charge in [0.05, 0.1) is 0 Å². The molecule has 11 heavy (non-hydrogen) atoms. The molecule has 0 aliphatic carbocycles. The summed E-state index contributed by atoms with van der Waals surface area (Å²) in [7, 11) is 1.00. The summed E-state index contributed by atoms with van der Waals surface area (Å²) in [5.74, 6) is 0.421. The normalized spacial score (nSPS) is 6.36. The molecule has 0 fully saturated rings. The fourth-order valence-electron chi connectivity index (χ4n) is 0. The molecular weight excluding hydrogens is 144 g/mol. The molecule has 0 radical (unpaired) electrons. The van der Waals surface area contributed by atoms with E-state index in [0.29, 0.717) is 6.42 Å². The standard InChI is InChI=1S/C4H8O.C3H6O.CH4O/c1-3-4(2)5;1-3(2)4;1-2/h3H2,1-2H3;1-2H3;2H,1H3. The van der Waals surface area contributed by atoms with Crippen molar-refractivity contribution in [1.29, 1.82) is 0 Å². The summed E-state index contributed by atoms with van der Waals surface area (Å²) in [6, 6.07) is 0. The molecule has 1 N–H and O–H groups in total. The van der Waals surface area contributed by atoms with E-state index < -0.39 is 0 Å². The van der Waals surface area contributed by atoms with Crippen LogP contribution in [0.3, 0.4) is 0 Å². The highest BCUT2D eigenvalue weighted by Gasteiger charge is 1.76. The first-order chi connectivity index (χ1) is 5.00. The Kier molecular flexibility index (Phi) is 24.5. The fourth-order valence-corrected chi connectivity index (χ4v) is 0. The van der Waals surface area contributed by atoms with Gasteiger partial charge in [-0.1, -0.05) is 6.92 Å². The monoisotopic (exact) mass is 162 g/mol. The molecular formula is C8H18O3. The van der Waals surface area contributed by atoms with Gasteiger partial charge < -0.3 is 14.7 Å². The van der Waals surface area contributed by atoms with Crippen LogP contribution in [-0.4, -0.2) is 23.8 Å². The molecule has 0 bridgehead atoms. The van der Waals surface area contributed by atoms with E-state index in [1.54, 1.807) is 6.92 Å². The molecule has 0 aromatic heterocycles. The van der Waals surface area contributed by atoms with Crippen LogP contribution in [0.2, 0.25) is 0 Å². The Morgan fingerprint density at radius 2 is 1.18 bits per heavy atom. The molecule has 0 aliphatic rings. The number of hydrogen-bond acceptors (Lipinski definition) is 3. The van der Waals surface area contributed by atoms with Crippen LogP contribution in [0.15, 0.2) is 0 Å². The summed E-state index contributed by atoms with van der Waals surface area (Å²) in [6.45, 7) is 6.49. The molecule has 0 atom stereocenters. The average Bonchev–Trinajstić information content (AvgIpc) is 1.91. The number of ketones is 2. The molecule has 3 heteroatoms. The summed E-state index contributed by atoms with van der Waals surface area (Å²) in [4.78, 5) is 19.3. The molecule has 0 saturated heterocycles. The summed E-state index contributed by atoms with van der Waals surface area (Å²) >= 11 is 0. The number of aliphatic hydroxyl groups excluding tert-OH is 1. The second kappa shape index (κ2) is 16.1. The Morgan fingerprint density at radius 1 is 1.09 bits per heavy atom.